The van der Waals surface area contributed by atoms with Crippen molar-refractivity contribution in [3.05, 3.63) is 21.4 Å². The van der Waals surface area contributed by atoms with Crippen LogP contribution in [0.3, 0.4) is 0 Å². The van der Waals surface area contributed by atoms with Gasteiger partial charge < -0.3 is 5.32 Å². The highest BCUT2D eigenvalue weighted by atomic mass is 32.1. The molecule has 120 valence electrons. The monoisotopic (exact) mass is 308 g/mol. The van der Waals surface area contributed by atoms with Crippen molar-refractivity contribution in [3.8, 4) is 0 Å². The fourth-order valence-electron chi connectivity index (χ4n) is 3.36. The van der Waals surface area contributed by atoms with Crippen molar-refractivity contribution in [2.45, 2.75) is 79.1 Å². The third-order valence-corrected chi connectivity index (χ3v) is 5.79. The van der Waals surface area contributed by atoms with Gasteiger partial charge in [0.25, 0.3) is 0 Å². The number of likely N-dealkylation sites (tertiary alicyclic amines) is 1. The SMILES string of the molecule is CCC1CCC(C)N1Cc1cc(CNCC(C)C)sc1C. The summed E-state index contributed by atoms with van der Waals surface area (Å²) in [6.07, 6.45) is 4.03. The van der Waals surface area contributed by atoms with Crippen molar-refractivity contribution >= 4 is 11.3 Å². The van der Waals surface area contributed by atoms with Crippen molar-refractivity contribution < 1.29 is 0 Å². The van der Waals surface area contributed by atoms with Crippen molar-refractivity contribution in [1.82, 2.24) is 10.2 Å². The standard InChI is InChI=1S/C18H32N2S/c1-6-17-8-7-14(4)20(17)12-16-9-18(21-15(16)5)11-19-10-13(2)3/h9,13-14,17,19H,6-8,10-12H2,1-5H3. The Kier molecular flexibility index (Phi) is 6.27. The molecule has 3 heteroatoms. The zero-order valence-corrected chi connectivity index (χ0v) is 15.2. The van der Waals surface area contributed by atoms with Crippen LogP contribution in [-0.4, -0.2) is 23.5 Å². The highest BCUT2D eigenvalue weighted by Crippen LogP contribution is 2.30. The zero-order valence-electron chi connectivity index (χ0n) is 14.4. The Labute approximate surface area is 134 Å². The molecule has 1 saturated heterocycles. The average Bonchev–Trinajstić information content (AvgIpc) is 2.94. The van der Waals surface area contributed by atoms with Crippen molar-refractivity contribution in [2.75, 3.05) is 6.54 Å². The molecule has 2 nitrogen and oxygen atoms in total. The Bertz CT molecular complexity index is 438. The topological polar surface area (TPSA) is 15.3 Å². The number of nitrogens with one attached hydrogen (secondary N) is 1. The van der Waals surface area contributed by atoms with Crippen molar-refractivity contribution in [3.63, 3.8) is 0 Å². The number of aryl methyl sites for hydroxylation is 1. The first-order chi connectivity index (χ1) is 10.0. The summed E-state index contributed by atoms with van der Waals surface area (Å²) in [4.78, 5) is 5.72. The molecule has 2 atom stereocenters. The Morgan fingerprint density at radius 3 is 2.81 bits per heavy atom. The number of nitrogens with zero attached hydrogens (tertiary/aromatic N) is 1. The van der Waals surface area contributed by atoms with Gasteiger partial charge in [-0.05, 0) is 57.2 Å². The highest BCUT2D eigenvalue weighted by molar-refractivity contribution is 7.12. The van der Waals surface area contributed by atoms with Gasteiger partial charge in [-0.2, -0.15) is 0 Å². The second kappa shape index (κ2) is 7.75. The van der Waals surface area contributed by atoms with Gasteiger partial charge in [-0.3, -0.25) is 4.90 Å². The van der Waals surface area contributed by atoms with Gasteiger partial charge in [0.2, 0.25) is 0 Å². The average molecular weight is 309 g/mol. The summed E-state index contributed by atoms with van der Waals surface area (Å²) < 4.78 is 0. The highest BCUT2D eigenvalue weighted by Gasteiger charge is 2.29. The Balaban J connectivity index is 1.95. The molecule has 1 aliphatic rings. The van der Waals surface area contributed by atoms with Crippen LogP contribution in [0.15, 0.2) is 6.07 Å². The predicted molar refractivity (Wildman–Crippen MR) is 93.9 cm³/mol. The number of hydrogen-bond donors (Lipinski definition) is 1. The molecule has 1 fully saturated rings. The first-order valence-electron chi connectivity index (χ1n) is 8.55. The van der Waals surface area contributed by atoms with Gasteiger partial charge in [-0.25, -0.2) is 0 Å². The lowest BCUT2D eigenvalue weighted by Crippen LogP contribution is -2.33. The quantitative estimate of drug-likeness (QED) is 0.794. The molecule has 1 aromatic rings. The molecular weight excluding hydrogens is 276 g/mol. The van der Waals surface area contributed by atoms with Crippen LogP contribution >= 0.6 is 11.3 Å². The van der Waals surface area contributed by atoms with E-state index in [9.17, 15) is 0 Å². The van der Waals surface area contributed by atoms with Gasteiger partial charge in [-0.15, -0.1) is 11.3 Å². The third kappa shape index (κ3) is 4.54. The van der Waals surface area contributed by atoms with Crippen LogP contribution in [0.4, 0.5) is 0 Å². The van der Waals surface area contributed by atoms with E-state index in [-0.39, 0.29) is 0 Å². The van der Waals surface area contributed by atoms with E-state index in [4.69, 9.17) is 0 Å². The molecule has 0 aliphatic carbocycles. The minimum Gasteiger partial charge on any atom is -0.312 e. The summed E-state index contributed by atoms with van der Waals surface area (Å²) >= 11 is 1.97. The molecule has 0 bridgehead atoms. The second-order valence-corrected chi connectivity index (χ2v) is 8.32. The maximum atomic E-state index is 3.56. The van der Waals surface area contributed by atoms with Crippen LogP contribution in [-0.2, 0) is 13.1 Å². The van der Waals surface area contributed by atoms with Crippen LogP contribution in [0.25, 0.3) is 0 Å². The van der Waals surface area contributed by atoms with E-state index in [1.807, 2.05) is 11.3 Å². The van der Waals surface area contributed by atoms with Crippen molar-refractivity contribution in [2.24, 2.45) is 5.92 Å². The van der Waals surface area contributed by atoms with Gasteiger partial charge in [-0.1, -0.05) is 20.8 Å². The van der Waals surface area contributed by atoms with Crippen LogP contribution < -0.4 is 5.32 Å². The summed E-state index contributed by atoms with van der Waals surface area (Å²) in [7, 11) is 0. The number of hydrogen-bond acceptors (Lipinski definition) is 3. The van der Waals surface area contributed by atoms with Crippen LogP contribution in [0, 0.1) is 12.8 Å². The molecule has 0 saturated carbocycles. The van der Waals surface area contributed by atoms with Gasteiger partial charge in [0, 0.05) is 34.9 Å². The predicted octanol–water partition coefficient (Wildman–Crippen LogP) is 4.57. The van der Waals surface area contributed by atoms with E-state index >= 15 is 0 Å². The molecule has 21 heavy (non-hydrogen) atoms. The molecule has 0 aromatic carbocycles. The smallest absolute Gasteiger partial charge is 0.0300 e. The van der Waals surface area contributed by atoms with E-state index in [2.05, 4.69) is 50.9 Å². The van der Waals surface area contributed by atoms with Gasteiger partial charge in [0.15, 0.2) is 0 Å². The van der Waals surface area contributed by atoms with Crippen molar-refractivity contribution in [1.29, 1.82) is 0 Å². The molecule has 2 unspecified atom stereocenters. The van der Waals surface area contributed by atoms with E-state index in [0.717, 1.165) is 37.6 Å². The summed E-state index contributed by atoms with van der Waals surface area (Å²) in [5.74, 6) is 0.723. The van der Waals surface area contributed by atoms with E-state index in [0.29, 0.717) is 0 Å². The summed E-state index contributed by atoms with van der Waals surface area (Å²) in [6.45, 7) is 14.8. The van der Waals surface area contributed by atoms with Gasteiger partial charge in [0.05, 0.1) is 0 Å². The van der Waals surface area contributed by atoms with Crippen LogP contribution in [0.2, 0.25) is 0 Å². The molecule has 1 aromatic heterocycles. The van der Waals surface area contributed by atoms with Gasteiger partial charge >= 0.3 is 0 Å². The lowest BCUT2D eigenvalue weighted by molar-refractivity contribution is 0.189. The fourth-order valence-corrected chi connectivity index (χ4v) is 4.38. The summed E-state index contributed by atoms with van der Waals surface area (Å²) in [5.41, 5.74) is 1.55. The summed E-state index contributed by atoms with van der Waals surface area (Å²) in [6, 6.07) is 3.98. The van der Waals surface area contributed by atoms with Crippen LogP contribution in [0.1, 0.15) is 62.3 Å². The molecule has 1 aliphatic heterocycles. The lowest BCUT2D eigenvalue weighted by Gasteiger charge is -2.27. The lowest BCUT2D eigenvalue weighted by atomic mass is 10.1. The molecule has 0 amide bonds. The second-order valence-electron chi connectivity index (χ2n) is 6.98. The van der Waals surface area contributed by atoms with Crippen LogP contribution in [0.5, 0.6) is 0 Å². The molecule has 0 radical (unpaired) electrons. The molecular formula is C18H32N2S. The first-order valence-corrected chi connectivity index (χ1v) is 9.37. The van der Waals surface area contributed by atoms with E-state index in [1.165, 1.54) is 29.0 Å². The van der Waals surface area contributed by atoms with Gasteiger partial charge in [0.1, 0.15) is 0 Å². The molecule has 2 heterocycles. The first kappa shape index (κ1) is 17.0. The Morgan fingerprint density at radius 1 is 1.38 bits per heavy atom. The molecule has 2 rings (SSSR count). The Hall–Kier alpha value is -0.380. The zero-order chi connectivity index (χ0) is 15.4. The minimum atomic E-state index is 0.723. The number of rotatable bonds is 7. The number of thiophene rings is 1. The maximum absolute atomic E-state index is 3.56. The normalized spacial score (nSPS) is 23.3. The minimum absolute atomic E-state index is 0.723. The third-order valence-electron chi connectivity index (χ3n) is 4.70. The fraction of sp³-hybridized carbons (Fsp3) is 0.778. The largest absolute Gasteiger partial charge is 0.312 e. The molecule has 1 N–H and O–H groups in total. The van der Waals surface area contributed by atoms with E-state index in [1.54, 1.807) is 5.56 Å². The molecule has 0 spiro atoms. The maximum Gasteiger partial charge on any atom is 0.0300 e. The van der Waals surface area contributed by atoms with E-state index < -0.39 is 0 Å². The summed E-state index contributed by atoms with van der Waals surface area (Å²) in [5, 5.41) is 3.56. The Morgan fingerprint density at radius 2 is 2.14 bits per heavy atom.